The molecule has 8 nitrogen and oxygen atoms in total. The van der Waals surface area contributed by atoms with Crippen molar-refractivity contribution in [2.75, 3.05) is 18.5 Å². The Morgan fingerprint density at radius 1 is 1.26 bits per heavy atom. The van der Waals surface area contributed by atoms with Crippen LogP contribution < -0.4 is 10.1 Å². The smallest absolute Gasteiger partial charge is 0.313 e. The highest BCUT2D eigenvalue weighted by Crippen LogP contribution is 2.30. The average molecular weight is 391 g/mol. The average Bonchev–Trinajstić information content (AvgIpc) is 2.66. The number of nitrogens with zero attached hydrogens (tertiary/aromatic N) is 1. The Kier molecular flexibility index (Phi) is 5.56. The molecule has 0 saturated heterocycles. The SMILES string of the molecule is O=C(COC(=O)[C@@H]1COc2ccc(Cl)cc2C1)Nc1ccc([N+](=O)[O-])cc1. The van der Waals surface area contributed by atoms with Crippen molar-refractivity contribution < 1.29 is 24.0 Å². The lowest BCUT2D eigenvalue weighted by Gasteiger charge is -2.24. The topological polar surface area (TPSA) is 108 Å². The van der Waals surface area contributed by atoms with Crippen molar-refractivity contribution in [2.24, 2.45) is 5.92 Å². The lowest BCUT2D eigenvalue weighted by atomic mass is 9.97. The lowest BCUT2D eigenvalue weighted by molar-refractivity contribution is -0.384. The highest BCUT2D eigenvalue weighted by Gasteiger charge is 2.28. The summed E-state index contributed by atoms with van der Waals surface area (Å²) in [4.78, 5) is 34.1. The number of nitrogens with one attached hydrogen (secondary N) is 1. The van der Waals surface area contributed by atoms with Gasteiger partial charge < -0.3 is 14.8 Å². The number of hydrogen-bond donors (Lipinski definition) is 1. The van der Waals surface area contributed by atoms with Crippen molar-refractivity contribution in [3.05, 3.63) is 63.2 Å². The van der Waals surface area contributed by atoms with Gasteiger partial charge in [-0.1, -0.05) is 11.6 Å². The highest BCUT2D eigenvalue weighted by atomic mass is 35.5. The Morgan fingerprint density at radius 2 is 2.00 bits per heavy atom. The number of non-ortho nitro benzene ring substituents is 1. The third-order valence-electron chi connectivity index (χ3n) is 3.97. The fourth-order valence-electron chi connectivity index (χ4n) is 2.63. The number of hydrogen-bond acceptors (Lipinski definition) is 6. The van der Waals surface area contributed by atoms with Crippen molar-refractivity contribution in [1.29, 1.82) is 0 Å². The fraction of sp³-hybridized carbons (Fsp3) is 0.222. The van der Waals surface area contributed by atoms with Crippen LogP contribution in [-0.4, -0.2) is 30.0 Å². The molecule has 0 spiro atoms. The minimum atomic E-state index is -0.544. The van der Waals surface area contributed by atoms with Gasteiger partial charge in [-0.3, -0.25) is 19.7 Å². The van der Waals surface area contributed by atoms with E-state index in [0.29, 0.717) is 22.9 Å². The molecular weight excluding hydrogens is 376 g/mol. The van der Waals surface area contributed by atoms with Gasteiger partial charge in [0, 0.05) is 22.8 Å². The first-order valence-corrected chi connectivity index (χ1v) is 8.42. The van der Waals surface area contributed by atoms with Gasteiger partial charge in [0.25, 0.3) is 11.6 Å². The van der Waals surface area contributed by atoms with E-state index in [0.717, 1.165) is 5.56 Å². The van der Waals surface area contributed by atoms with Crippen molar-refractivity contribution in [2.45, 2.75) is 6.42 Å². The van der Waals surface area contributed by atoms with E-state index in [9.17, 15) is 19.7 Å². The standard InChI is InChI=1S/C18H15ClN2O6/c19-13-1-6-16-11(8-13)7-12(9-26-16)18(23)27-10-17(22)20-14-2-4-15(5-3-14)21(24)25/h1-6,8,12H,7,9-10H2,(H,20,22)/t12-/m0/s1. The molecule has 9 heteroatoms. The van der Waals surface area contributed by atoms with E-state index in [1.54, 1.807) is 18.2 Å². The van der Waals surface area contributed by atoms with E-state index >= 15 is 0 Å². The van der Waals surface area contributed by atoms with Crippen LogP contribution in [0.1, 0.15) is 5.56 Å². The normalized spacial score (nSPS) is 15.2. The Labute approximate surface area is 159 Å². The molecule has 1 aliphatic rings. The number of benzene rings is 2. The third-order valence-corrected chi connectivity index (χ3v) is 4.20. The van der Waals surface area contributed by atoms with E-state index in [1.165, 1.54) is 24.3 Å². The number of esters is 1. The van der Waals surface area contributed by atoms with Gasteiger partial charge in [-0.2, -0.15) is 0 Å². The molecule has 0 fully saturated rings. The van der Waals surface area contributed by atoms with Crippen molar-refractivity contribution >= 4 is 34.9 Å². The summed E-state index contributed by atoms with van der Waals surface area (Å²) in [5, 5.41) is 13.7. The van der Waals surface area contributed by atoms with Crippen LogP contribution in [0.5, 0.6) is 5.75 Å². The lowest BCUT2D eigenvalue weighted by Crippen LogP contribution is -2.31. The summed E-state index contributed by atoms with van der Waals surface area (Å²) >= 11 is 5.95. The molecule has 3 rings (SSSR count). The van der Waals surface area contributed by atoms with Crippen molar-refractivity contribution in [1.82, 2.24) is 0 Å². The maximum atomic E-state index is 12.2. The molecule has 27 heavy (non-hydrogen) atoms. The largest absolute Gasteiger partial charge is 0.492 e. The van der Waals surface area contributed by atoms with Gasteiger partial charge in [-0.25, -0.2) is 0 Å². The zero-order valence-corrected chi connectivity index (χ0v) is 14.8. The van der Waals surface area contributed by atoms with Crippen LogP contribution in [0.4, 0.5) is 11.4 Å². The monoisotopic (exact) mass is 390 g/mol. The molecule has 0 aromatic heterocycles. The van der Waals surface area contributed by atoms with Crippen LogP contribution in [0.25, 0.3) is 0 Å². The second-order valence-corrected chi connectivity index (χ2v) is 6.36. The molecule has 1 heterocycles. The molecule has 1 atom stereocenters. The summed E-state index contributed by atoms with van der Waals surface area (Å²) < 4.78 is 10.6. The van der Waals surface area contributed by atoms with E-state index in [4.69, 9.17) is 21.1 Å². The second kappa shape index (κ2) is 8.05. The van der Waals surface area contributed by atoms with Gasteiger partial charge >= 0.3 is 5.97 Å². The molecule has 2 aromatic rings. The molecule has 140 valence electrons. The number of anilines is 1. The summed E-state index contributed by atoms with van der Waals surface area (Å²) in [5.41, 5.74) is 1.09. The number of nitro groups is 1. The Hall–Kier alpha value is -3.13. The number of carbonyl (C=O) groups excluding carboxylic acids is 2. The zero-order chi connectivity index (χ0) is 19.4. The number of rotatable bonds is 5. The first-order chi connectivity index (χ1) is 12.9. The summed E-state index contributed by atoms with van der Waals surface area (Å²) in [5.74, 6) is -0.931. The number of fused-ring (bicyclic) bond motifs is 1. The minimum absolute atomic E-state index is 0.0860. The number of amides is 1. The molecule has 0 bridgehead atoms. The van der Waals surface area contributed by atoms with Gasteiger partial charge in [-0.05, 0) is 42.3 Å². The molecule has 0 unspecified atom stereocenters. The van der Waals surface area contributed by atoms with E-state index < -0.39 is 29.3 Å². The van der Waals surface area contributed by atoms with E-state index in [2.05, 4.69) is 5.32 Å². The van der Waals surface area contributed by atoms with Crippen LogP contribution in [0, 0.1) is 16.0 Å². The molecule has 1 amide bonds. The summed E-state index contributed by atoms with van der Waals surface area (Å²) in [6.45, 7) is -0.299. The minimum Gasteiger partial charge on any atom is -0.492 e. The van der Waals surface area contributed by atoms with Crippen LogP contribution in [0.15, 0.2) is 42.5 Å². The molecule has 1 aliphatic heterocycles. The molecule has 0 aliphatic carbocycles. The molecule has 0 saturated carbocycles. The maximum Gasteiger partial charge on any atom is 0.313 e. The van der Waals surface area contributed by atoms with Crippen LogP contribution in [0.2, 0.25) is 5.02 Å². The Balaban J connectivity index is 1.50. The number of halogens is 1. The molecular formula is C18H15ClN2O6. The predicted octanol–water partition coefficient (Wildman–Crippen LogP) is 2.98. The highest BCUT2D eigenvalue weighted by molar-refractivity contribution is 6.30. The third kappa shape index (κ3) is 4.73. The quantitative estimate of drug-likeness (QED) is 0.477. The Morgan fingerprint density at radius 3 is 2.70 bits per heavy atom. The fourth-order valence-corrected chi connectivity index (χ4v) is 2.83. The van der Waals surface area contributed by atoms with Crippen LogP contribution in [-0.2, 0) is 20.7 Å². The summed E-state index contributed by atoms with van der Waals surface area (Å²) in [6, 6.07) is 10.5. The maximum absolute atomic E-state index is 12.2. The van der Waals surface area contributed by atoms with E-state index in [-0.39, 0.29) is 12.3 Å². The number of nitro benzene ring substituents is 1. The second-order valence-electron chi connectivity index (χ2n) is 5.92. The van der Waals surface area contributed by atoms with E-state index in [1.807, 2.05) is 0 Å². The van der Waals surface area contributed by atoms with Crippen LogP contribution >= 0.6 is 11.6 Å². The molecule has 1 N–H and O–H groups in total. The van der Waals surface area contributed by atoms with Gasteiger partial charge in [0.15, 0.2) is 6.61 Å². The summed E-state index contributed by atoms with van der Waals surface area (Å²) in [6.07, 6.45) is 0.415. The van der Waals surface area contributed by atoms with Crippen LogP contribution in [0.3, 0.4) is 0 Å². The van der Waals surface area contributed by atoms with Gasteiger partial charge in [0.1, 0.15) is 12.4 Å². The Bertz CT molecular complexity index is 884. The zero-order valence-electron chi connectivity index (χ0n) is 14.0. The first kappa shape index (κ1) is 18.7. The molecule has 2 aromatic carbocycles. The van der Waals surface area contributed by atoms with Gasteiger partial charge in [0.05, 0.1) is 10.8 Å². The predicted molar refractivity (Wildman–Crippen MR) is 96.8 cm³/mol. The first-order valence-electron chi connectivity index (χ1n) is 8.04. The number of ether oxygens (including phenoxy) is 2. The van der Waals surface area contributed by atoms with Gasteiger partial charge in [-0.15, -0.1) is 0 Å². The summed E-state index contributed by atoms with van der Waals surface area (Å²) in [7, 11) is 0. The van der Waals surface area contributed by atoms with Crippen molar-refractivity contribution in [3.8, 4) is 5.75 Å². The van der Waals surface area contributed by atoms with Crippen molar-refractivity contribution in [3.63, 3.8) is 0 Å². The number of carbonyl (C=O) groups is 2. The van der Waals surface area contributed by atoms with Gasteiger partial charge in [0.2, 0.25) is 0 Å². The molecule has 0 radical (unpaired) electrons.